The number of hydrogen-bond acceptors (Lipinski definition) is 3. The topological polar surface area (TPSA) is 64.7 Å². The fraction of sp³-hybridized carbons (Fsp3) is 0.188. The maximum Gasteiger partial charge on any atom is 0.249 e. The average Bonchev–Trinajstić information content (AvgIpc) is 3.16. The van der Waals surface area contributed by atoms with Gasteiger partial charge >= 0.3 is 0 Å². The second-order valence-corrected chi connectivity index (χ2v) is 6.28. The molecular formula is C16H15BrFN5O. The van der Waals surface area contributed by atoms with Gasteiger partial charge in [0.2, 0.25) is 5.91 Å². The summed E-state index contributed by atoms with van der Waals surface area (Å²) in [6.45, 7) is 2.18. The molecule has 1 amide bonds. The molecule has 0 saturated heterocycles. The zero-order chi connectivity index (χ0) is 17.1. The minimum absolute atomic E-state index is 0.198. The van der Waals surface area contributed by atoms with Gasteiger partial charge in [-0.25, -0.2) is 4.39 Å². The summed E-state index contributed by atoms with van der Waals surface area (Å²) in [5, 5.41) is 11.1. The number of carbonyl (C=O) groups is 1. The van der Waals surface area contributed by atoms with E-state index in [0.717, 1.165) is 10.0 Å². The molecule has 1 atom stereocenters. The van der Waals surface area contributed by atoms with Crippen molar-refractivity contribution in [3.8, 4) is 0 Å². The van der Waals surface area contributed by atoms with Crippen LogP contribution in [0.1, 0.15) is 18.5 Å². The first-order valence-electron chi connectivity index (χ1n) is 7.28. The van der Waals surface area contributed by atoms with Gasteiger partial charge in [0.25, 0.3) is 0 Å². The number of anilines is 1. The van der Waals surface area contributed by atoms with Gasteiger partial charge in [-0.05, 0) is 40.5 Å². The van der Waals surface area contributed by atoms with E-state index in [9.17, 15) is 9.18 Å². The molecule has 0 radical (unpaired) electrons. The van der Waals surface area contributed by atoms with E-state index >= 15 is 0 Å². The Morgan fingerprint density at radius 3 is 2.88 bits per heavy atom. The summed E-state index contributed by atoms with van der Waals surface area (Å²) in [5.41, 5.74) is 1.38. The molecule has 1 N–H and O–H groups in total. The molecule has 0 aliphatic rings. The Balaban J connectivity index is 1.64. The Labute approximate surface area is 146 Å². The van der Waals surface area contributed by atoms with Crippen LogP contribution in [-0.4, -0.2) is 25.5 Å². The van der Waals surface area contributed by atoms with E-state index in [2.05, 4.69) is 31.4 Å². The quantitative estimate of drug-likeness (QED) is 0.725. The minimum Gasteiger partial charge on any atom is -0.322 e. The minimum atomic E-state index is -0.456. The van der Waals surface area contributed by atoms with Crippen LogP contribution in [0.25, 0.3) is 0 Å². The first-order valence-corrected chi connectivity index (χ1v) is 8.08. The predicted octanol–water partition coefficient (Wildman–Crippen LogP) is 3.23. The van der Waals surface area contributed by atoms with Gasteiger partial charge in [-0.15, -0.1) is 0 Å². The van der Waals surface area contributed by atoms with Gasteiger partial charge in [-0.3, -0.25) is 14.2 Å². The highest BCUT2D eigenvalue weighted by molar-refractivity contribution is 9.10. The molecule has 2 aromatic heterocycles. The van der Waals surface area contributed by atoms with Crippen LogP contribution < -0.4 is 5.32 Å². The number of benzene rings is 1. The second-order valence-electron chi connectivity index (χ2n) is 5.36. The van der Waals surface area contributed by atoms with Crippen molar-refractivity contribution in [1.82, 2.24) is 19.6 Å². The Morgan fingerprint density at radius 1 is 1.33 bits per heavy atom. The number of amides is 1. The normalized spacial score (nSPS) is 12.1. The number of nitrogens with zero attached hydrogens (tertiary/aromatic N) is 4. The fourth-order valence-corrected chi connectivity index (χ4v) is 2.53. The van der Waals surface area contributed by atoms with Gasteiger partial charge < -0.3 is 5.32 Å². The van der Waals surface area contributed by atoms with E-state index in [1.54, 1.807) is 47.1 Å². The van der Waals surface area contributed by atoms with Crippen molar-refractivity contribution in [2.45, 2.75) is 19.5 Å². The SMILES string of the molecule is CC(C(=O)Nc1cnn(Cc2cccc(F)c2)c1)n1cc(Br)cn1. The number of hydrogen-bond donors (Lipinski definition) is 1. The summed E-state index contributed by atoms with van der Waals surface area (Å²) >= 11 is 3.30. The lowest BCUT2D eigenvalue weighted by atomic mass is 10.2. The van der Waals surface area contributed by atoms with Gasteiger partial charge in [0, 0.05) is 12.4 Å². The molecule has 2 heterocycles. The summed E-state index contributed by atoms with van der Waals surface area (Å²) < 4.78 is 17.2. The largest absolute Gasteiger partial charge is 0.322 e. The van der Waals surface area contributed by atoms with Crippen LogP contribution in [0.2, 0.25) is 0 Å². The zero-order valence-corrected chi connectivity index (χ0v) is 14.4. The Bertz CT molecular complexity index is 860. The predicted molar refractivity (Wildman–Crippen MR) is 91.0 cm³/mol. The van der Waals surface area contributed by atoms with E-state index < -0.39 is 6.04 Å². The molecule has 0 bridgehead atoms. The number of halogens is 2. The third kappa shape index (κ3) is 3.88. The molecule has 0 fully saturated rings. The summed E-state index contributed by atoms with van der Waals surface area (Å²) in [4.78, 5) is 12.3. The van der Waals surface area contributed by atoms with Crippen LogP contribution in [0.3, 0.4) is 0 Å². The van der Waals surface area contributed by atoms with Crippen molar-refractivity contribution in [3.63, 3.8) is 0 Å². The summed E-state index contributed by atoms with van der Waals surface area (Å²) in [6.07, 6.45) is 6.62. The van der Waals surface area contributed by atoms with Crippen molar-refractivity contribution in [1.29, 1.82) is 0 Å². The van der Waals surface area contributed by atoms with Crippen molar-refractivity contribution < 1.29 is 9.18 Å². The van der Waals surface area contributed by atoms with Crippen molar-refractivity contribution >= 4 is 27.5 Å². The van der Waals surface area contributed by atoms with Crippen LogP contribution in [0, 0.1) is 5.82 Å². The lowest BCUT2D eigenvalue weighted by molar-refractivity contribution is -0.119. The molecule has 0 aliphatic carbocycles. The van der Waals surface area contributed by atoms with E-state index in [0.29, 0.717) is 12.2 Å². The highest BCUT2D eigenvalue weighted by atomic mass is 79.9. The Hall–Kier alpha value is -2.48. The van der Waals surface area contributed by atoms with Gasteiger partial charge in [-0.2, -0.15) is 10.2 Å². The van der Waals surface area contributed by atoms with Gasteiger partial charge in [-0.1, -0.05) is 12.1 Å². The number of carbonyl (C=O) groups excluding carboxylic acids is 1. The molecule has 0 aliphatic heterocycles. The lowest BCUT2D eigenvalue weighted by Crippen LogP contribution is -2.23. The van der Waals surface area contributed by atoms with Gasteiger partial charge in [0.15, 0.2) is 0 Å². The van der Waals surface area contributed by atoms with E-state index in [1.165, 1.54) is 12.1 Å². The van der Waals surface area contributed by atoms with E-state index in [-0.39, 0.29) is 11.7 Å². The summed E-state index contributed by atoms with van der Waals surface area (Å²) in [6, 6.07) is 5.87. The van der Waals surface area contributed by atoms with Crippen molar-refractivity contribution in [3.05, 3.63) is 64.9 Å². The van der Waals surface area contributed by atoms with Crippen molar-refractivity contribution in [2.24, 2.45) is 0 Å². The molecule has 3 aromatic rings. The molecule has 6 nitrogen and oxygen atoms in total. The fourth-order valence-electron chi connectivity index (χ4n) is 2.23. The first kappa shape index (κ1) is 16.4. The first-order chi connectivity index (χ1) is 11.5. The van der Waals surface area contributed by atoms with Gasteiger partial charge in [0.05, 0.1) is 29.1 Å². The number of rotatable bonds is 5. The zero-order valence-electron chi connectivity index (χ0n) is 12.9. The number of aromatic nitrogens is 4. The molecule has 0 saturated carbocycles. The molecule has 1 aromatic carbocycles. The van der Waals surface area contributed by atoms with Crippen LogP contribution >= 0.6 is 15.9 Å². The van der Waals surface area contributed by atoms with E-state index in [1.807, 2.05) is 6.07 Å². The van der Waals surface area contributed by atoms with Crippen LogP contribution in [-0.2, 0) is 11.3 Å². The smallest absolute Gasteiger partial charge is 0.249 e. The Morgan fingerprint density at radius 2 is 2.17 bits per heavy atom. The second kappa shape index (κ2) is 6.96. The van der Waals surface area contributed by atoms with Gasteiger partial charge in [0.1, 0.15) is 11.9 Å². The molecule has 3 rings (SSSR count). The summed E-state index contributed by atoms with van der Waals surface area (Å²) in [7, 11) is 0. The van der Waals surface area contributed by atoms with Crippen LogP contribution in [0.5, 0.6) is 0 Å². The lowest BCUT2D eigenvalue weighted by Gasteiger charge is -2.11. The average molecular weight is 392 g/mol. The number of nitrogens with one attached hydrogen (secondary N) is 1. The molecule has 124 valence electrons. The molecule has 1 unspecified atom stereocenters. The summed E-state index contributed by atoms with van der Waals surface area (Å²) in [5.74, 6) is -0.483. The maximum atomic E-state index is 13.2. The monoisotopic (exact) mass is 391 g/mol. The molecule has 0 spiro atoms. The van der Waals surface area contributed by atoms with Crippen molar-refractivity contribution in [2.75, 3.05) is 5.32 Å². The Kier molecular flexibility index (Phi) is 4.75. The molecule has 24 heavy (non-hydrogen) atoms. The maximum absolute atomic E-state index is 13.2. The third-order valence-electron chi connectivity index (χ3n) is 3.48. The third-order valence-corrected chi connectivity index (χ3v) is 3.89. The highest BCUT2D eigenvalue weighted by Gasteiger charge is 2.16. The molecular weight excluding hydrogens is 377 g/mol. The van der Waals surface area contributed by atoms with Crippen LogP contribution in [0.4, 0.5) is 10.1 Å². The van der Waals surface area contributed by atoms with Crippen LogP contribution in [0.15, 0.2) is 53.5 Å². The molecule has 8 heteroatoms. The van der Waals surface area contributed by atoms with E-state index in [4.69, 9.17) is 0 Å². The highest BCUT2D eigenvalue weighted by Crippen LogP contribution is 2.15. The standard InChI is InChI=1S/C16H15BrFN5O/c1-11(23-9-13(17)6-20-23)16(24)21-15-7-19-22(10-15)8-12-3-2-4-14(18)5-12/h2-7,9-11H,8H2,1H3,(H,21,24).